The summed E-state index contributed by atoms with van der Waals surface area (Å²) in [5, 5.41) is 1.32. The molecule has 0 atom stereocenters. The third-order valence-corrected chi connectivity index (χ3v) is 8.29. The minimum absolute atomic E-state index is 0.0988. The number of carbonyl (C=O) groups is 2. The van der Waals surface area contributed by atoms with Crippen molar-refractivity contribution in [1.82, 2.24) is 13.9 Å². The number of methoxy groups -OCH3 is 1. The van der Waals surface area contributed by atoms with Crippen LogP contribution in [0.5, 0.6) is 5.75 Å². The lowest BCUT2D eigenvalue weighted by Crippen LogP contribution is -2.35. The Balaban J connectivity index is 0.000000813. The summed E-state index contributed by atoms with van der Waals surface area (Å²) in [6.45, 7) is 7.21. The highest BCUT2D eigenvalue weighted by Crippen LogP contribution is 2.45. The quantitative estimate of drug-likeness (QED) is 0.295. The fourth-order valence-electron chi connectivity index (χ4n) is 4.60. The lowest BCUT2D eigenvalue weighted by Gasteiger charge is -2.32. The molecule has 0 unspecified atom stereocenters. The molecule has 7 nitrogen and oxygen atoms in total. The van der Waals surface area contributed by atoms with Gasteiger partial charge in [-0.2, -0.15) is 0 Å². The van der Waals surface area contributed by atoms with E-state index in [-0.39, 0.29) is 11.5 Å². The lowest BCUT2D eigenvalue weighted by molar-refractivity contribution is -0.0980. The predicted molar refractivity (Wildman–Crippen MR) is 167 cm³/mol. The van der Waals surface area contributed by atoms with Gasteiger partial charge in [-0.3, -0.25) is 18.8 Å². The number of hydrogen-bond donors (Lipinski definition) is 1. The van der Waals surface area contributed by atoms with Crippen LogP contribution in [0, 0.1) is 11.7 Å². The van der Waals surface area contributed by atoms with E-state index in [0.29, 0.717) is 41.4 Å². The highest BCUT2D eigenvalue weighted by atomic mass is 35.5. The van der Waals surface area contributed by atoms with Crippen molar-refractivity contribution in [2.75, 3.05) is 54.2 Å². The molecule has 0 aromatic heterocycles. The van der Waals surface area contributed by atoms with Crippen LogP contribution in [0.15, 0.2) is 30.3 Å². The van der Waals surface area contributed by atoms with Crippen LogP contribution in [0.25, 0.3) is 0 Å². The zero-order valence-corrected chi connectivity index (χ0v) is 26.8. The summed E-state index contributed by atoms with van der Waals surface area (Å²) < 4.78 is 39.6. The summed E-state index contributed by atoms with van der Waals surface area (Å²) in [5.41, 5.74) is 2.18. The van der Waals surface area contributed by atoms with Gasteiger partial charge in [0.2, 0.25) is 0 Å². The molecule has 3 aliphatic rings. The molecule has 2 aromatic rings. The molecule has 234 valence electrons. The maximum atomic E-state index is 14.9. The number of carbonyl (C=O) groups excluding carboxylic acids is 2. The number of rotatable bonds is 9. The summed E-state index contributed by atoms with van der Waals surface area (Å²) in [7, 11) is 3.75. The van der Waals surface area contributed by atoms with Gasteiger partial charge in [-0.25, -0.2) is 8.70 Å². The number of amides is 1. The Morgan fingerprint density at radius 1 is 1.00 bits per heavy atom. The number of likely N-dealkylation sites (tertiary alicyclic amines) is 1. The average Bonchev–Trinajstić information content (AvgIpc) is 3.79. The molecule has 0 bridgehead atoms. The second-order valence-electron chi connectivity index (χ2n) is 10.2. The van der Waals surface area contributed by atoms with Crippen molar-refractivity contribution in [3.63, 3.8) is 0 Å². The molecule has 0 radical (unpaired) electrons. The molecule has 1 N–H and O–H groups in total. The third-order valence-electron chi connectivity index (χ3n) is 6.95. The van der Waals surface area contributed by atoms with Crippen LogP contribution in [0.3, 0.4) is 0 Å². The fourth-order valence-corrected chi connectivity index (χ4v) is 5.94. The van der Waals surface area contributed by atoms with E-state index in [1.807, 2.05) is 23.2 Å². The maximum absolute atomic E-state index is 14.9. The van der Waals surface area contributed by atoms with E-state index in [1.165, 1.54) is 18.2 Å². The molecule has 1 amide bonds. The van der Waals surface area contributed by atoms with E-state index in [4.69, 9.17) is 32.7 Å². The number of halogens is 4. The fraction of sp³-hybridized carbons (Fsp3) is 0.533. The maximum Gasteiger partial charge on any atom is 0.265 e. The van der Waals surface area contributed by atoms with Crippen LogP contribution in [0.1, 0.15) is 59.5 Å². The second kappa shape index (κ2) is 19.4. The third kappa shape index (κ3) is 11.6. The van der Waals surface area contributed by atoms with Gasteiger partial charge in [0, 0.05) is 62.1 Å². The SMILES string of the molecule is C=O.CF.COC.O=C(NSN1CCC1)c1cc(C2CC2)c(OCC2CCN(Cc3cc(Cl)cc(Cl)c3)CC2)cc1F. The van der Waals surface area contributed by atoms with E-state index in [2.05, 4.69) is 14.4 Å². The van der Waals surface area contributed by atoms with Crippen LogP contribution in [0.4, 0.5) is 8.78 Å². The summed E-state index contributed by atoms with van der Waals surface area (Å²) in [5.74, 6) is 0.446. The van der Waals surface area contributed by atoms with E-state index in [9.17, 15) is 13.6 Å². The van der Waals surface area contributed by atoms with Crippen molar-refractivity contribution in [1.29, 1.82) is 0 Å². The van der Waals surface area contributed by atoms with Gasteiger partial charge < -0.3 is 14.3 Å². The molecular weight excluding hydrogens is 607 g/mol. The number of nitrogens with one attached hydrogen (secondary N) is 1. The largest absolute Gasteiger partial charge is 0.493 e. The highest BCUT2D eigenvalue weighted by Gasteiger charge is 2.30. The number of nitrogens with zero attached hydrogens (tertiary/aromatic N) is 2. The standard InChI is InChI=1S/C26H30Cl2FN3O2S.C2H6O.CH3F.CH2O/c27-20-10-18(11-21(28)12-20)15-31-8-4-17(5-9-31)16-34-25-14-24(29)23(13-22(25)19-2-3-19)26(33)30-35-32-6-1-7-32;1-3-2;2*1-2/h10-14,17,19H,1-9,15-16H2,(H,30,33);1-2H3;1H3;1H2. The first-order chi connectivity index (χ1) is 20.4. The van der Waals surface area contributed by atoms with Gasteiger partial charge in [0.25, 0.3) is 5.91 Å². The number of alkyl halides is 1. The van der Waals surface area contributed by atoms with Gasteiger partial charge in [0.15, 0.2) is 0 Å². The zero-order valence-electron chi connectivity index (χ0n) is 24.5. The summed E-state index contributed by atoms with van der Waals surface area (Å²) in [6.07, 6.45) is 5.27. The number of hydrogen-bond acceptors (Lipinski definition) is 7. The van der Waals surface area contributed by atoms with Gasteiger partial charge in [-0.1, -0.05) is 23.2 Å². The molecule has 1 saturated carbocycles. The Labute approximate surface area is 262 Å². The van der Waals surface area contributed by atoms with Crippen LogP contribution in [-0.2, 0) is 16.1 Å². The van der Waals surface area contributed by atoms with Gasteiger partial charge in [0.05, 0.1) is 19.3 Å². The Morgan fingerprint density at radius 3 is 2.12 bits per heavy atom. The van der Waals surface area contributed by atoms with E-state index in [1.54, 1.807) is 26.4 Å². The molecule has 42 heavy (non-hydrogen) atoms. The molecule has 2 heterocycles. The van der Waals surface area contributed by atoms with Crippen LogP contribution >= 0.6 is 35.3 Å². The lowest BCUT2D eigenvalue weighted by atomic mass is 9.97. The van der Waals surface area contributed by atoms with Crippen molar-refractivity contribution < 1.29 is 27.8 Å². The molecule has 3 fully saturated rings. The smallest absolute Gasteiger partial charge is 0.265 e. The number of ether oxygens (including phenoxy) is 2. The minimum atomic E-state index is -0.527. The molecule has 2 aromatic carbocycles. The molecule has 1 aliphatic carbocycles. The Hall–Kier alpha value is -1.95. The highest BCUT2D eigenvalue weighted by molar-refractivity contribution is 7.95. The Bertz CT molecular complexity index is 1100. The molecule has 2 aliphatic heterocycles. The van der Waals surface area contributed by atoms with Crippen molar-refractivity contribution in [2.45, 2.75) is 44.6 Å². The molecule has 0 spiro atoms. The molecule has 2 saturated heterocycles. The summed E-state index contributed by atoms with van der Waals surface area (Å²) in [6, 6.07) is 8.79. The topological polar surface area (TPSA) is 71.1 Å². The van der Waals surface area contributed by atoms with Crippen LogP contribution < -0.4 is 9.46 Å². The van der Waals surface area contributed by atoms with Gasteiger partial charge in [-0.05, 0) is 92.4 Å². The zero-order chi connectivity index (χ0) is 31.1. The van der Waals surface area contributed by atoms with Crippen molar-refractivity contribution >= 4 is 48.0 Å². The monoisotopic (exact) mass is 647 g/mol. The molecule has 5 rings (SSSR count). The Morgan fingerprint density at radius 2 is 1.60 bits per heavy atom. The first kappa shape index (κ1) is 36.2. The van der Waals surface area contributed by atoms with Crippen LogP contribution in [-0.4, -0.2) is 76.1 Å². The predicted octanol–water partition coefficient (Wildman–Crippen LogP) is 6.96. The van der Waals surface area contributed by atoms with Crippen molar-refractivity contribution in [3.05, 3.63) is 62.9 Å². The first-order valence-electron chi connectivity index (χ1n) is 13.8. The first-order valence-corrected chi connectivity index (χ1v) is 15.3. The van der Waals surface area contributed by atoms with Gasteiger partial charge in [0.1, 0.15) is 18.4 Å². The van der Waals surface area contributed by atoms with Crippen LogP contribution in [0.2, 0.25) is 10.0 Å². The average molecular weight is 649 g/mol. The number of benzene rings is 2. The van der Waals surface area contributed by atoms with Crippen molar-refractivity contribution in [2.24, 2.45) is 5.92 Å². The van der Waals surface area contributed by atoms with E-state index in [0.717, 1.165) is 76.0 Å². The van der Waals surface area contributed by atoms with Crippen molar-refractivity contribution in [3.8, 4) is 5.75 Å². The Kier molecular flexibility index (Phi) is 16.7. The molecular formula is C30H41Cl2F2N3O4S. The van der Waals surface area contributed by atoms with E-state index < -0.39 is 5.82 Å². The normalized spacial score (nSPS) is 16.8. The number of piperidine rings is 1. The molecule has 12 heteroatoms. The van der Waals surface area contributed by atoms with Gasteiger partial charge >= 0.3 is 0 Å². The summed E-state index contributed by atoms with van der Waals surface area (Å²) in [4.78, 5) is 23.0. The second-order valence-corrected chi connectivity index (χ2v) is 11.9. The summed E-state index contributed by atoms with van der Waals surface area (Å²) >= 11 is 13.5. The minimum Gasteiger partial charge on any atom is -0.493 e. The van der Waals surface area contributed by atoms with Gasteiger partial charge in [-0.15, -0.1) is 0 Å². The van der Waals surface area contributed by atoms with E-state index >= 15 is 0 Å².